The summed E-state index contributed by atoms with van der Waals surface area (Å²) in [4.78, 5) is 10.8. The number of aliphatic hydroxyl groups excluding tert-OH is 1. The van der Waals surface area contributed by atoms with Gasteiger partial charge in [-0.2, -0.15) is 0 Å². The highest BCUT2D eigenvalue weighted by Gasteiger charge is 2.26. The highest BCUT2D eigenvalue weighted by atomic mass is 16.6. The van der Waals surface area contributed by atoms with Gasteiger partial charge in [-0.25, -0.2) is 0 Å². The summed E-state index contributed by atoms with van der Waals surface area (Å²) < 4.78 is 0. The highest BCUT2D eigenvalue weighted by molar-refractivity contribution is 5.76. The Bertz CT molecular complexity index is 464. The van der Waals surface area contributed by atoms with Crippen molar-refractivity contribution in [1.82, 2.24) is 0 Å². The Balaban J connectivity index is 2.26. The molecule has 2 rings (SSSR count). The van der Waals surface area contributed by atoms with Gasteiger partial charge in [0, 0.05) is 7.05 Å². The highest BCUT2D eigenvalue weighted by Crippen LogP contribution is 2.34. The summed E-state index contributed by atoms with van der Waals surface area (Å²) in [5.74, 6) is 0. The van der Waals surface area contributed by atoms with Gasteiger partial charge < -0.3 is 15.7 Å². The van der Waals surface area contributed by atoms with Crippen molar-refractivity contribution < 1.29 is 10.0 Å². The molecule has 1 saturated carbocycles. The molecule has 2 atom stereocenters. The lowest BCUT2D eigenvalue weighted by Crippen LogP contribution is -2.36. The molecule has 6 nitrogen and oxygen atoms in total. The first-order valence-corrected chi connectivity index (χ1v) is 6.53. The van der Waals surface area contributed by atoms with E-state index in [4.69, 9.17) is 0 Å². The van der Waals surface area contributed by atoms with Crippen LogP contribution < -0.4 is 10.6 Å². The van der Waals surface area contributed by atoms with Gasteiger partial charge in [0.05, 0.1) is 17.1 Å². The number of nitro benzene ring substituents is 1. The Morgan fingerprint density at radius 3 is 2.63 bits per heavy atom. The molecule has 0 saturated heterocycles. The molecule has 6 heteroatoms. The standard InChI is InChI=1S/C13H19N3O3/c1-14-10-6-4-7-11(13(10)16(18)19)15-9-5-2-3-8-12(9)17/h4,6-7,9,12,14-15,17H,2-3,5,8H2,1H3. The summed E-state index contributed by atoms with van der Waals surface area (Å²) in [5, 5.41) is 27.1. The predicted molar refractivity (Wildman–Crippen MR) is 74.5 cm³/mol. The van der Waals surface area contributed by atoms with Crippen molar-refractivity contribution in [2.75, 3.05) is 17.7 Å². The fourth-order valence-electron chi connectivity index (χ4n) is 2.54. The molecule has 0 radical (unpaired) electrons. The lowest BCUT2D eigenvalue weighted by atomic mass is 9.92. The Labute approximate surface area is 112 Å². The number of anilines is 2. The van der Waals surface area contributed by atoms with Crippen molar-refractivity contribution in [2.24, 2.45) is 0 Å². The predicted octanol–water partition coefficient (Wildman–Crippen LogP) is 2.35. The van der Waals surface area contributed by atoms with Crippen LogP contribution in [-0.2, 0) is 0 Å². The van der Waals surface area contributed by atoms with Crippen molar-refractivity contribution in [3.8, 4) is 0 Å². The summed E-state index contributed by atoms with van der Waals surface area (Å²) in [6, 6.07) is 5.00. The van der Waals surface area contributed by atoms with E-state index in [0.29, 0.717) is 11.4 Å². The molecule has 0 amide bonds. The zero-order valence-corrected chi connectivity index (χ0v) is 10.9. The minimum atomic E-state index is -0.438. The number of hydrogen-bond donors (Lipinski definition) is 3. The molecular formula is C13H19N3O3. The second-order valence-corrected chi connectivity index (χ2v) is 4.81. The van der Waals surface area contributed by atoms with Gasteiger partial charge in [0.2, 0.25) is 0 Å². The fraction of sp³-hybridized carbons (Fsp3) is 0.538. The van der Waals surface area contributed by atoms with Crippen molar-refractivity contribution in [2.45, 2.75) is 37.8 Å². The van der Waals surface area contributed by atoms with Crippen LogP contribution in [0, 0.1) is 10.1 Å². The molecule has 1 aromatic rings. The van der Waals surface area contributed by atoms with Gasteiger partial charge >= 0.3 is 5.69 Å². The summed E-state index contributed by atoms with van der Waals surface area (Å²) in [6.45, 7) is 0. The first-order chi connectivity index (χ1) is 9.13. The average molecular weight is 265 g/mol. The summed E-state index contributed by atoms with van der Waals surface area (Å²) >= 11 is 0. The van der Waals surface area contributed by atoms with Gasteiger partial charge in [-0.1, -0.05) is 18.9 Å². The number of para-hydroxylation sites is 1. The van der Waals surface area contributed by atoms with Crippen LogP contribution in [0.3, 0.4) is 0 Å². The van der Waals surface area contributed by atoms with E-state index in [1.54, 1.807) is 25.2 Å². The molecule has 104 valence electrons. The largest absolute Gasteiger partial charge is 0.391 e. The van der Waals surface area contributed by atoms with E-state index in [2.05, 4.69) is 10.6 Å². The zero-order valence-electron chi connectivity index (χ0n) is 10.9. The number of nitro groups is 1. The van der Waals surface area contributed by atoms with Crippen molar-refractivity contribution in [1.29, 1.82) is 0 Å². The van der Waals surface area contributed by atoms with Crippen LogP contribution >= 0.6 is 0 Å². The number of hydrogen-bond acceptors (Lipinski definition) is 5. The van der Waals surface area contributed by atoms with E-state index >= 15 is 0 Å². The van der Waals surface area contributed by atoms with E-state index in [1.807, 2.05) is 0 Å². The fourth-order valence-corrected chi connectivity index (χ4v) is 2.54. The van der Waals surface area contributed by atoms with Crippen LogP contribution in [0.1, 0.15) is 25.7 Å². The number of nitrogens with one attached hydrogen (secondary N) is 2. The molecule has 1 aliphatic carbocycles. The van der Waals surface area contributed by atoms with E-state index in [9.17, 15) is 15.2 Å². The van der Waals surface area contributed by atoms with Crippen molar-refractivity contribution in [3.05, 3.63) is 28.3 Å². The van der Waals surface area contributed by atoms with Crippen LogP contribution in [0.5, 0.6) is 0 Å². The first kappa shape index (κ1) is 13.6. The molecule has 1 aromatic carbocycles. The van der Waals surface area contributed by atoms with Crippen molar-refractivity contribution in [3.63, 3.8) is 0 Å². The molecule has 1 aliphatic rings. The van der Waals surface area contributed by atoms with Gasteiger partial charge in [-0.05, 0) is 25.0 Å². The molecule has 0 aromatic heterocycles. The number of rotatable bonds is 4. The number of aliphatic hydroxyl groups is 1. The van der Waals surface area contributed by atoms with Gasteiger partial charge in [-0.15, -0.1) is 0 Å². The quantitative estimate of drug-likeness (QED) is 0.574. The van der Waals surface area contributed by atoms with E-state index in [1.165, 1.54) is 0 Å². The minimum absolute atomic E-state index is 0.0303. The topological polar surface area (TPSA) is 87.4 Å². The molecule has 19 heavy (non-hydrogen) atoms. The van der Waals surface area contributed by atoms with Crippen LogP contribution in [0.25, 0.3) is 0 Å². The average Bonchev–Trinajstić information content (AvgIpc) is 2.40. The summed E-state index contributed by atoms with van der Waals surface area (Å²) in [5.41, 5.74) is 0.964. The zero-order chi connectivity index (χ0) is 13.8. The van der Waals surface area contributed by atoms with Crippen molar-refractivity contribution >= 4 is 17.1 Å². The van der Waals surface area contributed by atoms with Gasteiger partial charge in [-0.3, -0.25) is 10.1 Å². The van der Waals surface area contributed by atoms with Gasteiger partial charge in [0.15, 0.2) is 0 Å². The lowest BCUT2D eigenvalue weighted by Gasteiger charge is -2.29. The normalized spacial score (nSPS) is 22.8. The second kappa shape index (κ2) is 5.88. The maximum absolute atomic E-state index is 11.2. The maximum atomic E-state index is 11.2. The summed E-state index contributed by atoms with van der Waals surface area (Å²) in [6.07, 6.45) is 3.19. The third kappa shape index (κ3) is 2.96. The van der Waals surface area contributed by atoms with Gasteiger partial charge in [0.25, 0.3) is 0 Å². The minimum Gasteiger partial charge on any atom is -0.391 e. The Morgan fingerprint density at radius 2 is 2.00 bits per heavy atom. The lowest BCUT2D eigenvalue weighted by molar-refractivity contribution is -0.383. The number of benzene rings is 1. The maximum Gasteiger partial charge on any atom is 0.315 e. The molecule has 0 bridgehead atoms. The van der Waals surface area contributed by atoms with Crippen LogP contribution in [0.15, 0.2) is 18.2 Å². The monoisotopic (exact) mass is 265 g/mol. The van der Waals surface area contributed by atoms with E-state index in [-0.39, 0.29) is 11.7 Å². The van der Waals surface area contributed by atoms with Crippen LogP contribution in [0.2, 0.25) is 0 Å². The molecule has 2 unspecified atom stereocenters. The molecule has 0 spiro atoms. The van der Waals surface area contributed by atoms with E-state index in [0.717, 1.165) is 25.7 Å². The number of nitrogens with zero attached hydrogens (tertiary/aromatic N) is 1. The molecule has 3 N–H and O–H groups in total. The molecule has 0 heterocycles. The summed E-state index contributed by atoms with van der Waals surface area (Å²) in [7, 11) is 1.65. The second-order valence-electron chi connectivity index (χ2n) is 4.81. The van der Waals surface area contributed by atoms with Gasteiger partial charge in [0.1, 0.15) is 11.4 Å². The SMILES string of the molecule is CNc1cccc(NC2CCCCC2O)c1[N+](=O)[O-]. The molecule has 0 aliphatic heterocycles. The first-order valence-electron chi connectivity index (χ1n) is 6.53. The third-order valence-electron chi connectivity index (χ3n) is 3.56. The van der Waals surface area contributed by atoms with E-state index < -0.39 is 11.0 Å². The smallest absolute Gasteiger partial charge is 0.315 e. The molecule has 1 fully saturated rings. The Hall–Kier alpha value is -1.82. The van der Waals surface area contributed by atoms with Crippen LogP contribution in [0.4, 0.5) is 17.1 Å². The molecular weight excluding hydrogens is 246 g/mol. The Kier molecular flexibility index (Phi) is 4.21. The third-order valence-corrected chi connectivity index (χ3v) is 3.56. The Morgan fingerprint density at radius 1 is 1.32 bits per heavy atom. The van der Waals surface area contributed by atoms with Crippen LogP contribution in [-0.4, -0.2) is 29.2 Å².